The summed E-state index contributed by atoms with van der Waals surface area (Å²) in [4.78, 5) is 36.8. The highest BCUT2D eigenvalue weighted by Gasteiger charge is 2.38. The van der Waals surface area contributed by atoms with Gasteiger partial charge >= 0.3 is 0 Å². The molecule has 7 atom stereocenters. The second-order valence-corrected chi connectivity index (χ2v) is 13.4. The summed E-state index contributed by atoms with van der Waals surface area (Å²) in [6, 6.07) is 0. The molecule has 1 amide bonds. The van der Waals surface area contributed by atoms with Crippen LogP contribution in [0.5, 0.6) is 0 Å². The maximum atomic E-state index is 13.2. The topological polar surface area (TPSA) is 126 Å². The van der Waals surface area contributed by atoms with Gasteiger partial charge in [0.05, 0.1) is 23.5 Å². The first-order chi connectivity index (χ1) is 19.6. The van der Waals surface area contributed by atoms with Crippen LogP contribution in [0, 0.1) is 29.1 Å². The van der Waals surface area contributed by atoms with Crippen LogP contribution < -0.4 is 5.32 Å². The zero-order valence-electron chi connectivity index (χ0n) is 27.7. The number of aliphatic hydroxyl groups is 1. The van der Waals surface area contributed by atoms with Crippen molar-refractivity contribution >= 4 is 23.2 Å². The number of rotatable bonds is 21. The molecule has 0 radical (unpaired) electrons. The van der Waals surface area contributed by atoms with Crippen molar-refractivity contribution < 1.29 is 29.0 Å². The van der Waals surface area contributed by atoms with Crippen LogP contribution in [-0.2, 0) is 23.9 Å². The molecule has 1 rings (SSSR count). The molecule has 0 aliphatic carbocycles. The number of allylic oxidation sites excluding steroid dienone is 1. The summed E-state index contributed by atoms with van der Waals surface area (Å²) in [7, 11) is 0. The van der Waals surface area contributed by atoms with Crippen LogP contribution in [0.1, 0.15) is 126 Å². The van der Waals surface area contributed by atoms with Gasteiger partial charge in [-0.05, 0) is 96.0 Å². The first-order valence-electron chi connectivity index (χ1n) is 16.2. The van der Waals surface area contributed by atoms with Crippen molar-refractivity contribution in [3.8, 4) is 0 Å². The van der Waals surface area contributed by atoms with Crippen molar-refractivity contribution in [2.24, 2.45) is 23.7 Å². The van der Waals surface area contributed by atoms with Gasteiger partial charge in [0, 0.05) is 25.3 Å². The minimum atomic E-state index is -1.07. The van der Waals surface area contributed by atoms with E-state index >= 15 is 0 Å². The molecule has 1 aliphatic heterocycles. The van der Waals surface area contributed by atoms with Crippen molar-refractivity contribution in [2.75, 3.05) is 6.54 Å². The largest absolute Gasteiger partial charge is 0.387 e. The minimum absolute atomic E-state index is 0.0484. The lowest BCUT2D eigenvalue weighted by Gasteiger charge is -2.40. The van der Waals surface area contributed by atoms with Crippen molar-refractivity contribution in [3.63, 3.8) is 0 Å². The van der Waals surface area contributed by atoms with Crippen molar-refractivity contribution in [2.45, 2.75) is 150 Å². The fraction of sp³-hybridized carbons (Fsp3) is 0.824. The third-order valence-corrected chi connectivity index (χ3v) is 8.06. The highest BCUT2D eigenvalue weighted by molar-refractivity contribution is 6.39. The van der Waals surface area contributed by atoms with Gasteiger partial charge in [0.2, 0.25) is 5.91 Å². The van der Waals surface area contributed by atoms with Gasteiger partial charge in [0.1, 0.15) is 5.78 Å². The molecular formula is C34H60N2O6. The van der Waals surface area contributed by atoms with E-state index in [-0.39, 0.29) is 53.8 Å². The van der Waals surface area contributed by atoms with E-state index in [2.05, 4.69) is 26.1 Å². The Hall–Kier alpha value is -1.90. The summed E-state index contributed by atoms with van der Waals surface area (Å²) in [5, 5.41) is 22.8. The number of hydrogen-bond acceptors (Lipinski definition) is 7. The number of amides is 1. The monoisotopic (exact) mass is 592 g/mol. The van der Waals surface area contributed by atoms with Crippen LogP contribution in [0.25, 0.3) is 0 Å². The van der Waals surface area contributed by atoms with E-state index < -0.39 is 17.6 Å². The maximum Gasteiger partial charge on any atom is 0.243 e. The van der Waals surface area contributed by atoms with Crippen LogP contribution in [0.4, 0.5) is 0 Å². The van der Waals surface area contributed by atoms with E-state index in [0.717, 1.165) is 38.5 Å². The number of ether oxygens (including phenoxy) is 2. The average Bonchev–Trinajstić information content (AvgIpc) is 2.87. The molecule has 1 aliphatic rings. The third kappa shape index (κ3) is 15.5. The van der Waals surface area contributed by atoms with Crippen LogP contribution in [-0.4, -0.2) is 58.9 Å². The maximum absolute atomic E-state index is 13.2. The van der Waals surface area contributed by atoms with E-state index in [1.54, 1.807) is 6.92 Å². The lowest BCUT2D eigenvalue weighted by atomic mass is 9.83. The van der Waals surface area contributed by atoms with Crippen LogP contribution >= 0.6 is 0 Å². The van der Waals surface area contributed by atoms with E-state index in [0.29, 0.717) is 38.1 Å². The summed E-state index contributed by atoms with van der Waals surface area (Å²) in [5.74, 6) is 0.0115. The van der Waals surface area contributed by atoms with E-state index in [1.165, 1.54) is 6.08 Å². The first-order valence-corrected chi connectivity index (χ1v) is 16.2. The molecule has 1 fully saturated rings. The Morgan fingerprint density at radius 2 is 1.79 bits per heavy atom. The normalized spacial score (nSPS) is 22.9. The Bertz CT molecular complexity index is 873. The van der Waals surface area contributed by atoms with Crippen molar-refractivity contribution in [3.05, 3.63) is 12.2 Å². The fourth-order valence-electron chi connectivity index (χ4n) is 6.07. The highest BCUT2D eigenvalue weighted by atomic mass is 16.7. The summed E-state index contributed by atoms with van der Waals surface area (Å²) in [6.07, 6.45) is 9.59. The smallest absolute Gasteiger partial charge is 0.243 e. The molecule has 1 saturated heterocycles. The van der Waals surface area contributed by atoms with Crippen LogP contribution in [0.15, 0.2) is 12.2 Å². The SMILES string of the molecule is CC/C=C/C(=O)NCCCC[C@H](CC(=N)C(=O)[C@H](C)CC[C@@H](O[C@H]1C[C@@H](C)C[C@@H](C)O1)[C@](C)(O)CC(C)C)CC(C)=O. The van der Waals surface area contributed by atoms with Gasteiger partial charge in [-0.1, -0.05) is 47.1 Å². The van der Waals surface area contributed by atoms with Gasteiger partial charge in [-0.15, -0.1) is 0 Å². The zero-order valence-corrected chi connectivity index (χ0v) is 27.7. The van der Waals surface area contributed by atoms with Gasteiger partial charge in [0.15, 0.2) is 12.1 Å². The zero-order chi connectivity index (χ0) is 31.9. The molecule has 0 aromatic rings. The second-order valence-electron chi connectivity index (χ2n) is 13.4. The molecule has 0 aromatic heterocycles. The Morgan fingerprint density at radius 3 is 2.38 bits per heavy atom. The number of carbonyl (C=O) groups is 3. The Kier molecular flexibility index (Phi) is 17.6. The number of unbranched alkanes of at least 4 members (excludes halogenated alkanes) is 1. The molecule has 3 N–H and O–H groups in total. The third-order valence-electron chi connectivity index (χ3n) is 8.06. The number of ketones is 2. The van der Waals surface area contributed by atoms with E-state index in [9.17, 15) is 19.5 Å². The summed E-state index contributed by atoms with van der Waals surface area (Å²) >= 11 is 0. The first kappa shape index (κ1) is 38.1. The van der Waals surface area contributed by atoms with E-state index in [1.807, 2.05) is 33.8 Å². The minimum Gasteiger partial charge on any atom is -0.387 e. The summed E-state index contributed by atoms with van der Waals surface area (Å²) < 4.78 is 12.4. The van der Waals surface area contributed by atoms with Gasteiger partial charge in [-0.2, -0.15) is 0 Å². The number of carbonyl (C=O) groups excluding carboxylic acids is 3. The van der Waals surface area contributed by atoms with E-state index in [4.69, 9.17) is 14.9 Å². The van der Waals surface area contributed by atoms with Crippen LogP contribution in [0.2, 0.25) is 0 Å². The molecule has 0 saturated carbocycles. The van der Waals surface area contributed by atoms with Gasteiger partial charge < -0.3 is 30.1 Å². The number of hydrogen-bond donors (Lipinski definition) is 3. The molecule has 242 valence electrons. The predicted octanol–water partition coefficient (Wildman–Crippen LogP) is 6.57. The molecule has 0 unspecified atom stereocenters. The molecule has 0 aromatic carbocycles. The molecular weight excluding hydrogens is 532 g/mol. The number of nitrogens with one attached hydrogen (secondary N) is 2. The standard InChI is InChI=1S/C34H60N2O6/c1-9-10-14-31(38)36-17-12-11-13-28(20-26(6)37)21-29(35)33(39)25(5)15-16-30(34(8,40)22-23(2)3)42-32-19-24(4)18-27(7)41-32/h10,14,23-25,27-28,30,32,35,40H,9,11-13,15-22H2,1-8H3,(H,36,38)/b14-10+,35-29?/t24-,25+,27+,28-,30+,32-,34+/m0/s1. The Morgan fingerprint density at radius 1 is 1.10 bits per heavy atom. The summed E-state index contributed by atoms with van der Waals surface area (Å²) in [6.45, 7) is 16.1. The lowest BCUT2D eigenvalue weighted by Crippen LogP contribution is -2.46. The molecule has 0 bridgehead atoms. The number of Topliss-reactive ketones (excluding diaryl/α,β-unsaturated/α-hetero) is 2. The second kappa shape index (κ2) is 19.4. The molecule has 8 heteroatoms. The predicted molar refractivity (Wildman–Crippen MR) is 169 cm³/mol. The molecule has 8 nitrogen and oxygen atoms in total. The van der Waals surface area contributed by atoms with Gasteiger partial charge in [-0.25, -0.2) is 0 Å². The molecule has 0 spiro atoms. The summed E-state index contributed by atoms with van der Waals surface area (Å²) in [5.41, 5.74) is -1.02. The van der Waals surface area contributed by atoms with Crippen LogP contribution in [0.3, 0.4) is 0 Å². The Labute approximate surface area is 255 Å². The average molecular weight is 593 g/mol. The van der Waals surface area contributed by atoms with Crippen molar-refractivity contribution in [1.82, 2.24) is 5.32 Å². The molecule has 1 heterocycles. The van der Waals surface area contributed by atoms with Crippen molar-refractivity contribution in [1.29, 1.82) is 5.41 Å². The highest BCUT2D eigenvalue weighted by Crippen LogP contribution is 2.32. The lowest BCUT2D eigenvalue weighted by molar-refractivity contribution is -0.251. The van der Waals surface area contributed by atoms with Gasteiger partial charge in [-0.3, -0.25) is 9.59 Å². The van der Waals surface area contributed by atoms with Gasteiger partial charge in [0.25, 0.3) is 0 Å². The quantitative estimate of drug-likeness (QED) is 0.0786. The Balaban J connectivity index is 2.72. The fourth-order valence-corrected chi connectivity index (χ4v) is 6.07. The molecule has 42 heavy (non-hydrogen) atoms.